The third kappa shape index (κ3) is 7.57. The molecule has 1 amide bonds. The van der Waals surface area contributed by atoms with Gasteiger partial charge in [-0.25, -0.2) is 9.59 Å². The average Bonchev–Trinajstić information content (AvgIpc) is 3.69. The van der Waals surface area contributed by atoms with Gasteiger partial charge in [-0.15, -0.1) is 11.3 Å². The number of alkyl carbamates (subject to hydrolysis) is 1. The summed E-state index contributed by atoms with van der Waals surface area (Å²) in [4.78, 5) is 70.4. The van der Waals surface area contributed by atoms with Crippen LogP contribution in [-0.4, -0.2) is 106 Å². The third-order valence-corrected chi connectivity index (χ3v) is 15.5. The van der Waals surface area contributed by atoms with E-state index in [4.69, 9.17) is 28.4 Å². The first kappa shape index (κ1) is 44.4. The molecular formula is C46H57NO14S. The van der Waals surface area contributed by atoms with Crippen molar-refractivity contribution in [1.29, 1.82) is 0 Å². The maximum atomic E-state index is 15.7. The van der Waals surface area contributed by atoms with Crippen LogP contribution < -0.4 is 5.32 Å². The molecular weight excluding hydrogens is 823 g/mol. The number of aliphatic hydroxyl groups excluding tert-OH is 2. The molecule has 4 saturated carbocycles. The van der Waals surface area contributed by atoms with E-state index in [0.717, 1.165) is 12.8 Å². The number of hydrogen-bond donors (Lipinski definition) is 4. The van der Waals surface area contributed by atoms with Crippen molar-refractivity contribution in [2.24, 2.45) is 22.7 Å². The predicted octanol–water partition coefficient (Wildman–Crippen LogP) is 4.79. The van der Waals surface area contributed by atoms with Crippen LogP contribution in [0.15, 0.2) is 59.0 Å². The van der Waals surface area contributed by atoms with Crippen molar-refractivity contribution < 1.29 is 67.7 Å². The summed E-state index contributed by atoms with van der Waals surface area (Å²) in [7, 11) is 0. The van der Waals surface area contributed by atoms with Crippen LogP contribution in [0.4, 0.5) is 4.79 Å². The van der Waals surface area contributed by atoms with Crippen molar-refractivity contribution in [3.63, 3.8) is 0 Å². The van der Waals surface area contributed by atoms with Crippen molar-refractivity contribution in [2.75, 3.05) is 6.61 Å². The minimum Gasteiger partial charge on any atom is -0.456 e. The maximum absolute atomic E-state index is 15.7. The summed E-state index contributed by atoms with van der Waals surface area (Å²) >= 11 is 1.21. The second-order valence-corrected chi connectivity index (χ2v) is 19.7. The molecule has 11 atom stereocenters. The summed E-state index contributed by atoms with van der Waals surface area (Å²) in [6.07, 6.45) is -5.93. The Labute approximate surface area is 364 Å². The lowest BCUT2D eigenvalue weighted by Gasteiger charge is -2.67. The van der Waals surface area contributed by atoms with Crippen molar-refractivity contribution in [2.45, 2.75) is 153 Å². The molecule has 8 rings (SSSR count). The molecule has 4 N–H and O–H groups in total. The Kier molecular flexibility index (Phi) is 12.0. The fourth-order valence-corrected chi connectivity index (χ4v) is 11.7. The van der Waals surface area contributed by atoms with Crippen LogP contribution in [0, 0.1) is 22.7 Å². The Morgan fingerprint density at radius 1 is 0.984 bits per heavy atom. The van der Waals surface area contributed by atoms with Crippen LogP contribution in [0.25, 0.3) is 0 Å². The number of carbonyl (C=O) groups is 5. The number of rotatable bonds is 12. The van der Waals surface area contributed by atoms with Gasteiger partial charge in [0, 0.05) is 36.0 Å². The average molecular weight is 880 g/mol. The number of ketones is 1. The number of amides is 1. The van der Waals surface area contributed by atoms with Gasteiger partial charge in [0.1, 0.15) is 30.0 Å². The number of benzene rings is 1. The fraction of sp³-hybridized carbons (Fsp3) is 0.630. The molecule has 0 radical (unpaired) electrons. The Morgan fingerprint density at radius 2 is 1.69 bits per heavy atom. The molecule has 2 bridgehead atoms. The minimum absolute atomic E-state index is 0.0884. The number of carbonyl (C=O) groups excluding carboxylic acids is 5. The first-order valence-corrected chi connectivity index (χ1v) is 22.5. The summed E-state index contributed by atoms with van der Waals surface area (Å²) in [5.74, 6) is -4.91. The molecule has 62 heavy (non-hydrogen) atoms. The maximum Gasteiger partial charge on any atom is 0.408 e. The van der Waals surface area contributed by atoms with Crippen LogP contribution >= 0.6 is 11.3 Å². The van der Waals surface area contributed by atoms with Crippen molar-refractivity contribution in [3.05, 3.63) is 69.4 Å². The predicted molar refractivity (Wildman–Crippen MR) is 220 cm³/mol. The highest BCUT2D eigenvalue weighted by Gasteiger charge is 2.78. The van der Waals surface area contributed by atoms with Crippen LogP contribution in [-0.2, 0) is 54.2 Å². The monoisotopic (exact) mass is 879 g/mol. The lowest BCUT2D eigenvalue weighted by atomic mass is 9.44. The molecule has 1 aliphatic heterocycles. The van der Waals surface area contributed by atoms with Crippen LogP contribution in [0.2, 0.25) is 0 Å². The number of thiophene rings is 1. The van der Waals surface area contributed by atoms with E-state index in [1.54, 1.807) is 38.3 Å². The van der Waals surface area contributed by atoms with Gasteiger partial charge in [-0.1, -0.05) is 50.2 Å². The van der Waals surface area contributed by atoms with Crippen LogP contribution in [0.5, 0.6) is 0 Å². The Morgan fingerprint density at radius 3 is 2.31 bits per heavy atom. The first-order valence-electron chi connectivity index (χ1n) is 21.6. The molecule has 5 aliphatic carbocycles. The number of hydrogen-bond acceptors (Lipinski definition) is 15. The number of esters is 3. The van der Waals surface area contributed by atoms with Gasteiger partial charge in [-0.3, -0.25) is 14.4 Å². The van der Waals surface area contributed by atoms with E-state index < -0.39 is 106 Å². The largest absolute Gasteiger partial charge is 0.456 e. The third-order valence-electron chi connectivity index (χ3n) is 14.6. The van der Waals surface area contributed by atoms with Gasteiger partial charge >= 0.3 is 24.0 Å². The zero-order valence-electron chi connectivity index (χ0n) is 35.7. The van der Waals surface area contributed by atoms with Gasteiger partial charge in [0.25, 0.3) is 0 Å². The standard InChI is InChI=1S/C46H57NO14S/c1-24-29(59-41(53)35(50)34(30-16-11-19-62-30)47-42(54)58-28-14-9-10-15-28)21-46(55)39(56-22-26-12-7-6-8-13-26)37-44(5,31(49)20-32-45(37,23-57-32)61-25(2)48)38(51)36(33(24)43(46,3)4)60-40(52)27-17-18-27/h6-8,11-13,16,19,27-29,31-32,34-37,39,49-50,55H,9-10,14-15,17-18,20-23H2,1-5H3,(H,47,54)/t29-,31-,32+,34-,35+,36+,37?,39-,44+,45-,46+/m0/s1. The molecule has 6 aliphatic rings. The quantitative estimate of drug-likeness (QED) is 0.128. The normalized spacial score (nSPS) is 34.9. The van der Waals surface area contributed by atoms with E-state index in [1.165, 1.54) is 25.2 Å². The molecule has 16 heteroatoms. The second-order valence-electron chi connectivity index (χ2n) is 18.7. The van der Waals surface area contributed by atoms with Crippen molar-refractivity contribution in [1.82, 2.24) is 5.32 Å². The molecule has 15 nitrogen and oxygen atoms in total. The molecule has 1 unspecified atom stereocenters. The molecule has 1 aromatic heterocycles. The minimum atomic E-state index is -2.13. The molecule has 2 aromatic rings. The number of aliphatic hydroxyl groups is 3. The molecule has 0 spiro atoms. The highest BCUT2D eigenvalue weighted by molar-refractivity contribution is 7.10. The second kappa shape index (κ2) is 16.7. The van der Waals surface area contributed by atoms with E-state index in [0.29, 0.717) is 36.1 Å². The lowest BCUT2D eigenvalue weighted by molar-refractivity contribution is -0.351. The van der Waals surface area contributed by atoms with Gasteiger partial charge in [-0.05, 0) is 80.5 Å². The van der Waals surface area contributed by atoms with Crippen molar-refractivity contribution >= 4 is 41.1 Å². The van der Waals surface area contributed by atoms with E-state index in [-0.39, 0.29) is 43.3 Å². The smallest absolute Gasteiger partial charge is 0.408 e. The topological polar surface area (TPSA) is 213 Å². The van der Waals surface area contributed by atoms with Crippen LogP contribution in [0.3, 0.4) is 0 Å². The zero-order chi connectivity index (χ0) is 44.4. The summed E-state index contributed by atoms with van der Waals surface area (Å²) in [6.45, 7) is 7.52. The Bertz CT molecular complexity index is 2080. The van der Waals surface area contributed by atoms with Gasteiger partial charge in [-0.2, -0.15) is 0 Å². The van der Waals surface area contributed by atoms with E-state index in [2.05, 4.69) is 5.32 Å². The summed E-state index contributed by atoms with van der Waals surface area (Å²) in [5, 5.41) is 42.1. The van der Waals surface area contributed by atoms with Gasteiger partial charge < -0.3 is 49.1 Å². The molecule has 1 saturated heterocycles. The Balaban J connectivity index is 1.24. The highest BCUT2D eigenvalue weighted by atomic mass is 32.1. The Hall–Kier alpha value is -4.19. The lowest BCUT2D eigenvalue weighted by Crippen LogP contribution is -2.81. The van der Waals surface area contributed by atoms with Gasteiger partial charge in [0.15, 0.2) is 23.6 Å². The molecule has 5 fully saturated rings. The van der Waals surface area contributed by atoms with E-state index in [9.17, 15) is 34.5 Å². The highest BCUT2D eigenvalue weighted by Crippen LogP contribution is 2.64. The van der Waals surface area contributed by atoms with Crippen LogP contribution in [0.1, 0.15) is 102 Å². The number of nitrogens with one attached hydrogen (secondary N) is 1. The molecule has 2 heterocycles. The van der Waals surface area contributed by atoms with E-state index in [1.807, 2.05) is 30.3 Å². The fourth-order valence-electron chi connectivity index (χ4n) is 10.9. The summed E-state index contributed by atoms with van der Waals surface area (Å²) in [5.41, 5.74) is -5.92. The number of Topliss-reactive ketones (excluding diaryl/α,β-unsaturated/α-hetero) is 1. The molecule has 1 aromatic carbocycles. The molecule has 336 valence electrons. The van der Waals surface area contributed by atoms with Gasteiger partial charge in [0.2, 0.25) is 0 Å². The SMILES string of the molecule is CC(=O)O[C@@]12CO[C@@H]1C[C@H](O)[C@@]1(C)C(=O)[C@H](OC(=O)C3CC3)C3=C(C)[C@@H](OC(=O)[C@H](O)[C@@H](NC(=O)OC4CCCC4)c4cccs4)C[C@@](O)([C@@H](OCc4ccccc4)C12)C3(C)C. The summed E-state index contributed by atoms with van der Waals surface area (Å²) < 4.78 is 37.0. The van der Waals surface area contributed by atoms with Gasteiger partial charge in [0.05, 0.1) is 36.8 Å². The number of fused-ring (bicyclic) bond motifs is 5. The summed E-state index contributed by atoms with van der Waals surface area (Å²) in [6, 6.07) is 11.2. The first-order chi connectivity index (χ1) is 29.4. The number of ether oxygens (including phenoxy) is 6. The van der Waals surface area contributed by atoms with E-state index >= 15 is 4.79 Å². The van der Waals surface area contributed by atoms with Crippen molar-refractivity contribution in [3.8, 4) is 0 Å². The zero-order valence-corrected chi connectivity index (χ0v) is 36.5.